The van der Waals surface area contributed by atoms with Crippen LogP contribution in [0, 0.1) is 5.92 Å². The van der Waals surface area contributed by atoms with Crippen molar-refractivity contribution in [1.29, 1.82) is 0 Å². The molecule has 1 aliphatic heterocycles. The van der Waals surface area contributed by atoms with E-state index >= 15 is 0 Å². The summed E-state index contributed by atoms with van der Waals surface area (Å²) in [6.45, 7) is 3.95. The summed E-state index contributed by atoms with van der Waals surface area (Å²) in [6, 6.07) is 16.9. The van der Waals surface area contributed by atoms with Gasteiger partial charge in [-0.05, 0) is 36.5 Å². The van der Waals surface area contributed by atoms with Crippen LogP contribution in [0.1, 0.15) is 36.1 Å². The normalized spacial score (nSPS) is 24.3. The predicted octanol–water partition coefficient (Wildman–Crippen LogP) is 1.23. The monoisotopic (exact) mass is 465 g/mol. The van der Waals surface area contributed by atoms with Crippen molar-refractivity contribution in [2.24, 2.45) is 5.92 Å². The van der Waals surface area contributed by atoms with Crippen LogP contribution in [-0.4, -0.2) is 71.2 Å². The first-order chi connectivity index (χ1) is 16.4. The number of aliphatic hydroxyl groups excluding tert-OH is 2. The lowest BCUT2D eigenvalue weighted by Gasteiger charge is -2.36. The lowest BCUT2D eigenvalue weighted by molar-refractivity contribution is -0.128. The zero-order valence-corrected chi connectivity index (χ0v) is 19.7. The van der Waals surface area contributed by atoms with Crippen LogP contribution in [0.4, 0.5) is 0 Å². The molecular formula is C27H35N3O4. The number of piperazine rings is 1. The second kappa shape index (κ2) is 11.2. The fourth-order valence-corrected chi connectivity index (χ4v) is 5.24. The Morgan fingerprint density at radius 2 is 1.88 bits per heavy atom. The molecule has 7 heteroatoms. The molecule has 4 N–H and O–H groups in total. The largest absolute Gasteiger partial charge is 0.392 e. The van der Waals surface area contributed by atoms with Gasteiger partial charge in [0, 0.05) is 38.5 Å². The fraction of sp³-hybridized carbons (Fsp3) is 0.481. The molecule has 4 rings (SSSR count). The molecule has 4 unspecified atom stereocenters. The predicted molar refractivity (Wildman–Crippen MR) is 130 cm³/mol. The van der Waals surface area contributed by atoms with Gasteiger partial charge in [-0.15, -0.1) is 0 Å². The van der Waals surface area contributed by atoms with Gasteiger partial charge in [-0.2, -0.15) is 0 Å². The third-order valence-electron chi connectivity index (χ3n) is 7.02. The SMILES string of the molecule is CC(=O)[C@@H]1CNCCN1CC(O)CC(Cc1ccccc1)C(=O)NC1c2ccccc2CC1O. The van der Waals surface area contributed by atoms with Gasteiger partial charge in [0.15, 0.2) is 0 Å². The molecule has 0 saturated carbocycles. The first-order valence-electron chi connectivity index (χ1n) is 12.2. The van der Waals surface area contributed by atoms with E-state index in [0.717, 1.165) is 23.2 Å². The van der Waals surface area contributed by atoms with Gasteiger partial charge >= 0.3 is 0 Å². The third-order valence-corrected chi connectivity index (χ3v) is 7.02. The maximum absolute atomic E-state index is 13.4. The lowest BCUT2D eigenvalue weighted by atomic mass is 9.91. The maximum Gasteiger partial charge on any atom is 0.224 e. The number of carbonyl (C=O) groups excluding carboxylic acids is 2. The molecule has 1 saturated heterocycles. The van der Waals surface area contributed by atoms with Gasteiger partial charge in [0.25, 0.3) is 0 Å². The van der Waals surface area contributed by atoms with Gasteiger partial charge in [0.05, 0.1) is 24.3 Å². The zero-order valence-electron chi connectivity index (χ0n) is 19.7. The van der Waals surface area contributed by atoms with Crippen LogP contribution >= 0.6 is 0 Å². The highest BCUT2D eigenvalue weighted by Gasteiger charge is 2.35. The number of ketones is 1. The summed E-state index contributed by atoms with van der Waals surface area (Å²) >= 11 is 0. The standard InChI is InChI=1S/C27H35N3O4/c1-18(31)24-16-28-11-12-30(24)17-22(32)14-21(13-19-7-3-2-4-8-19)27(34)29-26-23-10-6-5-9-20(23)15-25(26)33/h2-10,21-22,24-26,28,32-33H,11-17H2,1H3,(H,29,34)/t21?,22?,24-,25?,26?/m0/s1. The highest BCUT2D eigenvalue weighted by molar-refractivity contribution is 5.82. The summed E-state index contributed by atoms with van der Waals surface area (Å²) in [5.41, 5.74) is 3.02. The van der Waals surface area contributed by atoms with Gasteiger partial charge in [-0.1, -0.05) is 54.6 Å². The molecule has 0 radical (unpaired) electrons. The van der Waals surface area contributed by atoms with Crippen molar-refractivity contribution in [1.82, 2.24) is 15.5 Å². The molecule has 0 aromatic heterocycles. The number of aliphatic hydroxyl groups is 2. The van der Waals surface area contributed by atoms with Crippen molar-refractivity contribution in [2.45, 2.75) is 50.5 Å². The second-order valence-electron chi connectivity index (χ2n) is 9.56. The number of nitrogens with one attached hydrogen (secondary N) is 2. The summed E-state index contributed by atoms with van der Waals surface area (Å²) in [7, 11) is 0. The van der Waals surface area contributed by atoms with Crippen LogP contribution in [0.2, 0.25) is 0 Å². The number of β-amino-alcohol motifs (C(OH)–C–C–N with tert-alkyl or cyclic N) is 1. The number of amides is 1. The Hall–Kier alpha value is -2.58. The van der Waals surface area contributed by atoms with Gasteiger partial charge in [0.2, 0.25) is 5.91 Å². The molecule has 2 aromatic carbocycles. The quantitative estimate of drug-likeness (QED) is 0.445. The summed E-state index contributed by atoms with van der Waals surface area (Å²) in [5, 5.41) is 27.9. The Bertz CT molecular complexity index is 983. The molecule has 1 fully saturated rings. The Morgan fingerprint density at radius 3 is 2.65 bits per heavy atom. The number of benzene rings is 2. The van der Waals surface area contributed by atoms with Crippen LogP contribution in [0.3, 0.4) is 0 Å². The Balaban J connectivity index is 1.46. The van der Waals surface area contributed by atoms with Crippen molar-refractivity contribution < 1.29 is 19.8 Å². The topological polar surface area (TPSA) is 102 Å². The van der Waals surface area contributed by atoms with Gasteiger partial charge in [0.1, 0.15) is 5.78 Å². The van der Waals surface area contributed by atoms with E-state index in [-0.39, 0.29) is 24.2 Å². The van der Waals surface area contributed by atoms with Crippen molar-refractivity contribution in [3.63, 3.8) is 0 Å². The fourth-order valence-electron chi connectivity index (χ4n) is 5.24. The average Bonchev–Trinajstić information content (AvgIpc) is 3.14. The molecule has 34 heavy (non-hydrogen) atoms. The van der Waals surface area contributed by atoms with E-state index in [4.69, 9.17) is 0 Å². The summed E-state index contributed by atoms with van der Waals surface area (Å²) in [4.78, 5) is 27.5. The van der Waals surface area contributed by atoms with Gasteiger partial charge in [-0.3, -0.25) is 14.5 Å². The van der Waals surface area contributed by atoms with Gasteiger partial charge < -0.3 is 20.8 Å². The molecule has 2 aliphatic rings. The van der Waals surface area contributed by atoms with E-state index in [1.54, 1.807) is 6.92 Å². The number of fused-ring (bicyclic) bond motifs is 1. The van der Waals surface area contributed by atoms with E-state index < -0.39 is 24.2 Å². The molecular weight excluding hydrogens is 430 g/mol. The number of rotatable bonds is 9. The smallest absolute Gasteiger partial charge is 0.224 e. The highest BCUT2D eigenvalue weighted by atomic mass is 16.3. The van der Waals surface area contributed by atoms with Gasteiger partial charge in [-0.25, -0.2) is 0 Å². The lowest BCUT2D eigenvalue weighted by Crippen LogP contribution is -2.56. The zero-order chi connectivity index (χ0) is 24.1. The molecule has 2 aromatic rings. The molecule has 5 atom stereocenters. The molecule has 0 bridgehead atoms. The molecule has 0 spiro atoms. The van der Waals surface area contributed by atoms with Crippen molar-refractivity contribution in [3.8, 4) is 0 Å². The number of carbonyl (C=O) groups is 2. The maximum atomic E-state index is 13.4. The molecule has 1 heterocycles. The van der Waals surface area contributed by atoms with E-state index in [1.165, 1.54) is 0 Å². The summed E-state index contributed by atoms with van der Waals surface area (Å²) in [6.07, 6.45) is -0.130. The highest BCUT2D eigenvalue weighted by Crippen LogP contribution is 2.32. The third kappa shape index (κ3) is 5.91. The summed E-state index contributed by atoms with van der Waals surface area (Å²) in [5.74, 6) is -0.560. The van der Waals surface area contributed by atoms with Crippen LogP contribution in [0.25, 0.3) is 0 Å². The van der Waals surface area contributed by atoms with Crippen molar-refractivity contribution in [3.05, 3.63) is 71.3 Å². The first kappa shape index (κ1) is 24.5. The molecule has 7 nitrogen and oxygen atoms in total. The second-order valence-corrected chi connectivity index (χ2v) is 9.56. The van der Waals surface area contributed by atoms with Crippen LogP contribution in [0.5, 0.6) is 0 Å². The van der Waals surface area contributed by atoms with Crippen LogP contribution in [-0.2, 0) is 22.4 Å². The molecule has 182 valence electrons. The molecule has 1 aliphatic carbocycles. The van der Waals surface area contributed by atoms with Crippen molar-refractivity contribution in [2.75, 3.05) is 26.2 Å². The number of hydrogen-bond donors (Lipinski definition) is 4. The van der Waals surface area contributed by atoms with Crippen molar-refractivity contribution >= 4 is 11.7 Å². The molecule has 1 amide bonds. The first-order valence-corrected chi connectivity index (χ1v) is 12.2. The van der Waals surface area contributed by atoms with E-state index in [2.05, 4.69) is 10.6 Å². The Labute approximate surface area is 201 Å². The Kier molecular flexibility index (Phi) is 8.11. The van der Waals surface area contributed by atoms with E-state index in [1.807, 2.05) is 59.5 Å². The minimum atomic E-state index is -0.750. The van der Waals surface area contributed by atoms with Crippen LogP contribution in [0.15, 0.2) is 54.6 Å². The minimum Gasteiger partial charge on any atom is -0.392 e. The minimum absolute atomic E-state index is 0.0758. The van der Waals surface area contributed by atoms with E-state index in [0.29, 0.717) is 32.5 Å². The summed E-state index contributed by atoms with van der Waals surface area (Å²) < 4.78 is 0. The average molecular weight is 466 g/mol. The number of nitrogens with zero attached hydrogens (tertiary/aromatic N) is 1. The number of Topliss-reactive ketones (excluding diaryl/α,β-unsaturated/α-hetero) is 1. The Morgan fingerprint density at radius 1 is 1.15 bits per heavy atom. The van der Waals surface area contributed by atoms with Crippen LogP contribution < -0.4 is 10.6 Å². The van der Waals surface area contributed by atoms with E-state index in [9.17, 15) is 19.8 Å². The number of hydrogen-bond acceptors (Lipinski definition) is 6.